The number of ether oxygens (including phenoxy) is 3. The minimum absolute atomic E-state index is 0.155. The summed E-state index contributed by atoms with van der Waals surface area (Å²) in [6.45, 7) is 0.155. The van der Waals surface area contributed by atoms with Crippen molar-refractivity contribution in [3.63, 3.8) is 0 Å². The van der Waals surface area contributed by atoms with E-state index in [1.807, 2.05) is 0 Å². The fourth-order valence-electron chi connectivity index (χ4n) is 2.48. The van der Waals surface area contributed by atoms with Gasteiger partial charge in [-0.3, -0.25) is 4.79 Å². The van der Waals surface area contributed by atoms with Crippen LogP contribution in [-0.4, -0.2) is 25.0 Å². The van der Waals surface area contributed by atoms with Gasteiger partial charge < -0.3 is 19.5 Å². The van der Waals surface area contributed by atoms with Crippen LogP contribution >= 0.6 is 11.8 Å². The molecule has 2 aromatic rings. The maximum atomic E-state index is 13.0. The maximum absolute atomic E-state index is 13.0. The summed E-state index contributed by atoms with van der Waals surface area (Å²) >= 11 is 1.19. The highest BCUT2D eigenvalue weighted by Gasteiger charge is 2.25. The zero-order valence-corrected chi connectivity index (χ0v) is 14.4. The van der Waals surface area contributed by atoms with Crippen LogP contribution in [0.4, 0.5) is 10.1 Å². The average Bonchev–Trinajstić information content (AvgIpc) is 3.22. The van der Waals surface area contributed by atoms with E-state index < -0.39 is 0 Å². The number of carbonyl (C=O) groups excluding carboxylic acids is 1. The van der Waals surface area contributed by atoms with Gasteiger partial charge in [0.05, 0.1) is 17.7 Å². The van der Waals surface area contributed by atoms with Gasteiger partial charge in [0.15, 0.2) is 16.7 Å². The Hall–Kier alpha value is -3.00. The van der Waals surface area contributed by atoms with Gasteiger partial charge in [-0.25, -0.2) is 9.38 Å². The molecule has 1 amide bonds. The summed E-state index contributed by atoms with van der Waals surface area (Å²) in [6.07, 6.45) is 1.70. The monoisotopic (exact) mass is 372 g/mol. The Morgan fingerprint density at radius 1 is 1.23 bits per heavy atom. The zero-order chi connectivity index (χ0) is 18.1. The summed E-state index contributed by atoms with van der Waals surface area (Å²) in [4.78, 5) is 17.0. The number of amidine groups is 1. The molecule has 0 bridgehead atoms. The number of methoxy groups -OCH3 is 1. The van der Waals surface area contributed by atoms with Gasteiger partial charge in [-0.05, 0) is 48.2 Å². The van der Waals surface area contributed by atoms with E-state index in [9.17, 15) is 9.18 Å². The molecule has 132 valence electrons. The number of aliphatic imine (C=N–C) groups is 1. The topological polar surface area (TPSA) is 69.2 Å². The molecule has 0 unspecified atom stereocenters. The second kappa shape index (κ2) is 6.72. The lowest BCUT2D eigenvalue weighted by molar-refractivity contribution is -0.115. The Morgan fingerprint density at radius 2 is 1.96 bits per heavy atom. The molecule has 0 radical (unpaired) electrons. The van der Waals surface area contributed by atoms with Crippen LogP contribution in [0.25, 0.3) is 6.08 Å². The molecule has 6 nitrogen and oxygen atoms in total. The molecule has 2 aromatic carbocycles. The molecule has 8 heteroatoms. The van der Waals surface area contributed by atoms with Gasteiger partial charge in [-0.1, -0.05) is 0 Å². The number of benzene rings is 2. The number of rotatable bonds is 3. The first-order valence-electron chi connectivity index (χ1n) is 7.65. The zero-order valence-electron chi connectivity index (χ0n) is 13.6. The number of nitrogens with zero attached hydrogens (tertiary/aromatic N) is 1. The second-order valence-corrected chi connectivity index (χ2v) is 6.44. The number of fused-ring (bicyclic) bond motifs is 1. The van der Waals surface area contributed by atoms with Gasteiger partial charge in [0.25, 0.3) is 5.91 Å². The molecule has 2 aliphatic rings. The molecule has 2 aliphatic heterocycles. The van der Waals surface area contributed by atoms with Crippen molar-refractivity contribution in [3.05, 3.63) is 52.7 Å². The quantitative estimate of drug-likeness (QED) is 0.836. The molecular weight excluding hydrogens is 359 g/mol. The fraction of sp³-hybridized carbons (Fsp3) is 0.111. The van der Waals surface area contributed by atoms with E-state index >= 15 is 0 Å². The average molecular weight is 372 g/mol. The van der Waals surface area contributed by atoms with Crippen LogP contribution in [0.5, 0.6) is 17.2 Å². The van der Waals surface area contributed by atoms with Crippen molar-refractivity contribution >= 4 is 34.6 Å². The van der Waals surface area contributed by atoms with E-state index in [1.165, 1.54) is 36.0 Å². The van der Waals surface area contributed by atoms with E-state index in [4.69, 9.17) is 14.2 Å². The van der Waals surface area contributed by atoms with Gasteiger partial charge in [-0.2, -0.15) is 0 Å². The Kier molecular flexibility index (Phi) is 4.26. The number of nitrogens with one attached hydrogen (secondary N) is 1. The van der Waals surface area contributed by atoms with Crippen LogP contribution in [0, 0.1) is 5.82 Å². The van der Waals surface area contributed by atoms with Crippen molar-refractivity contribution in [3.8, 4) is 17.2 Å². The van der Waals surface area contributed by atoms with Gasteiger partial charge in [0.2, 0.25) is 6.79 Å². The van der Waals surface area contributed by atoms with E-state index in [0.717, 1.165) is 0 Å². The minimum atomic E-state index is -0.340. The van der Waals surface area contributed by atoms with Gasteiger partial charge in [0.1, 0.15) is 11.6 Å². The molecule has 1 N–H and O–H groups in total. The maximum Gasteiger partial charge on any atom is 0.264 e. The number of thioether (sulfide) groups is 1. The van der Waals surface area contributed by atoms with Gasteiger partial charge in [0, 0.05) is 11.6 Å². The molecule has 0 aliphatic carbocycles. The summed E-state index contributed by atoms with van der Waals surface area (Å²) in [7, 11) is 1.54. The van der Waals surface area contributed by atoms with Gasteiger partial charge >= 0.3 is 0 Å². The first-order valence-corrected chi connectivity index (χ1v) is 8.47. The number of hydrogen-bond acceptors (Lipinski definition) is 6. The van der Waals surface area contributed by atoms with E-state index in [0.29, 0.717) is 38.6 Å². The van der Waals surface area contributed by atoms with Crippen LogP contribution in [0.2, 0.25) is 0 Å². The Morgan fingerprint density at radius 3 is 2.69 bits per heavy atom. The third-order valence-electron chi connectivity index (χ3n) is 3.72. The van der Waals surface area contributed by atoms with Crippen molar-refractivity contribution in [1.29, 1.82) is 0 Å². The van der Waals surface area contributed by atoms with E-state index in [1.54, 1.807) is 25.3 Å². The first kappa shape index (κ1) is 16.5. The summed E-state index contributed by atoms with van der Waals surface area (Å²) < 4.78 is 29.0. The van der Waals surface area contributed by atoms with Crippen molar-refractivity contribution in [1.82, 2.24) is 5.32 Å². The van der Waals surface area contributed by atoms with E-state index in [-0.39, 0.29) is 18.5 Å². The Labute approximate surface area is 152 Å². The highest BCUT2D eigenvalue weighted by molar-refractivity contribution is 8.18. The predicted octanol–water partition coefficient (Wildman–Crippen LogP) is 3.45. The number of hydrogen-bond donors (Lipinski definition) is 1. The molecule has 0 saturated carbocycles. The summed E-state index contributed by atoms with van der Waals surface area (Å²) in [5, 5.41) is 3.12. The molecule has 26 heavy (non-hydrogen) atoms. The highest BCUT2D eigenvalue weighted by atomic mass is 32.2. The lowest BCUT2D eigenvalue weighted by Gasteiger charge is -2.06. The lowest BCUT2D eigenvalue weighted by atomic mass is 10.1. The smallest absolute Gasteiger partial charge is 0.264 e. The summed E-state index contributed by atoms with van der Waals surface area (Å²) in [5.41, 5.74) is 1.24. The molecule has 0 spiro atoms. The third-order valence-corrected chi connectivity index (χ3v) is 4.63. The van der Waals surface area contributed by atoms with Crippen LogP contribution < -0.4 is 19.5 Å². The van der Waals surface area contributed by atoms with Crippen LogP contribution in [0.1, 0.15) is 5.56 Å². The van der Waals surface area contributed by atoms with Crippen LogP contribution in [-0.2, 0) is 4.79 Å². The second-order valence-electron chi connectivity index (χ2n) is 5.41. The normalized spacial score (nSPS) is 18.5. The number of amides is 1. The highest BCUT2D eigenvalue weighted by Crippen LogP contribution is 2.40. The largest absolute Gasteiger partial charge is 0.496 e. The number of halogens is 1. The van der Waals surface area contributed by atoms with Crippen molar-refractivity contribution in [2.45, 2.75) is 0 Å². The molecule has 0 aromatic heterocycles. The van der Waals surface area contributed by atoms with Crippen molar-refractivity contribution < 1.29 is 23.4 Å². The SMILES string of the molecule is COc1cc2c(cc1/C=C1/SC(=Nc3ccc(F)cc3)NC1=O)OCO2. The molecule has 1 fully saturated rings. The van der Waals surface area contributed by atoms with Gasteiger partial charge in [-0.15, -0.1) is 0 Å². The third kappa shape index (κ3) is 3.23. The van der Waals surface area contributed by atoms with Crippen LogP contribution in [0.15, 0.2) is 46.3 Å². The summed E-state index contributed by atoms with van der Waals surface area (Å²) in [6, 6.07) is 9.19. The minimum Gasteiger partial charge on any atom is -0.496 e. The predicted molar refractivity (Wildman–Crippen MR) is 96.3 cm³/mol. The molecule has 0 atom stereocenters. The van der Waals surface area contributed by atoms with Crippen LogP contribution in [0.3, 0.4) is 0 Å². The Bertz CT molecular complexity index is 941. The van der Waals surface area contributed by atoms with E-state index in [2.05, 4.69) is 10.3 Å². The molecule has 2 heterocycles. The lowest BCUT2D eigenvalue weighted by Crippen LogP contribution is -2.19. The fourth-order valence-corrected chi connectivity index (χ4v) is 3.32. The standard InChI is InChI=1S/C18H13FN2O4S/c1-23-13-8-15-14(24-9-25-15)6-10(13)7-16-17(22)21-18(26-16)20-12-4-2-11(19)3-5-12/h2-8H,9H2,1H3,(H,20,21,22)/b16-7+. The summed E-state index contributed by atoms with van der Waals surface area (Å²) in [5.74, 6) is 1.16. The van der Waals surface area contributed by atoms with Crippen molar-refractivity contribution in [2.75, 3.05) is 13.9 Å². The van der Waals surface area contributed by atoms with Crippen molar-refractivity contribution in [2.24, 2.45) is 4.99 Å². The molecule has 1 saturated heterocycles. The number of carbonyl (C=O) groups is 1. The molecular formula is C18H13FN2O4S. The molecule has 4 rings (SSSR count). The Balaban J connectivity index is 1.62. The first-order chi connectivity index (χ1) is 12.6.